The predicted molar refractivity (Wildman–Crippen MR) is 120 cm³/mol. The molecular formula is C23H25N6O3+. The molecular weight excluding hydrogens is 408 g/mol. The van der Waals surface area contributed by atoms with Gasteiger partial charge < -0.3 is 15.0 Å². The van der Waals surface area contributed by atoms with Gasteiger partial charge in [-0.1, -0.05) is 30.3 Å². The Morgan fingerprint density at radius 3 is 2.72 bits per heavy atom. The average Bonchev–Trinajstić information content (AvgIpc) is 3.41. The first-order valence-electron chi connectivity index (χ1n) is 10.6. The summed E-state index contributed by atoms with van der Waals surface area (Å²) in [4.78, 5) is 30.2. The van der Waals surface area contributed by atoms with Crippen LogP contribution in [-0.2, 0) is 18.3 Å². The summed E-state index contributed by atoms with van der Waals surface area (Å²) in [6.45, 7) is 2.89. The fraction of sp³-hybridized carbons (Fsp3) is 0.304. The van der Waals surface area contributed by atoms with E-state index in [4.69, 9.17) is 10.5 Å². The SMILES string of the molecule is Cc1cc(-c2c(-c3ccccc3)nc(N)[n+]3c(=O)n(C[C@H]4CCCO4)[nH]c23)cn(C)c1=O. The van der Waals surface area contributed by atoms with Crippen LogP contribution in [0.15, 0.2) is 52.2 Å². The highest BCUT2D eigenvalue weighted by Crippen LogP contribution is 2.32. The van der Waals surface area contributed by atoms with Crippen LogP contribution < -0.4 is 21.4 Å². The Bertz CT molecular complexity index is 1400. The number of hydrogen-bond donors (Lipinski definition) is 2. The summed E-state index contributed by atoms with van der Waals surface area (Å²) in [5.41, 5.74) is 9.98. The summed E-state index contributed by atoms with van der Waals surface area (Å²) in [7, 11) is 1.71. The van der Waals surface area contributed by atoms with Gasteiger partial charge in [0.1, 0.15) is 12.2 Å². The van der Waals surface area contributed by atoms with Crippen molar-refractivity contribution in [2.75, 3.05) is 12.3 Å². The lowest BCUT2D eigenvalue weighted by Crippen LogP contribution is -2.45. The molecule has 9 nitrogen and oxygen atoms in total. The molecule has 9 heteroatoms. The maximum absolute atomic E-state index is 13.2. The Hall–Kier alpha value is -3.72. The monoisotopic (exact) mass is 433 g/mol. The van der Waals surface area contributed by atoms with E-state index in [9.17, 15) is 9.59 Å². The molecule has 1 fully saturated rings. The van der Waals surface area contributed by atoms with Crippen molar-refractivity contribution in [2.24, 2.45) is 7.05 Å². The van der Waals surface area contributed by atoms with Crippen LogP contribution >= 0.6 is 0 Å². The van der Waals surface area contributed by atoms with Crippen LogP contribution in [0.2, 0.25) is 0 Å². The molecule has 0 radical (unpaired) electrons. The van der Waals surface area contributed by atoms with Crippen LogP contribution in [0.1, 0.15) is 18.4 Å². The summed E-state index contributed by atoms with van der Waals surface area (Å²) in [6, 6.07) is 11.5. The summed E-state index contributed by atoms with van der Waals surface area (Å²) < 4.78 is 10.2. The van der Waals surface area contributed by atoms with E-state index in [2.05, 4.69) is 10.1 Å². The van der Waals surface area contributed by atoms with Crippen LogP contribution in [0.3, 0.4) is 0 Å². The van der Waals surface area contributed by atoms with Gasteiger partial charge in [0.2, 0.25) is 5.65 Å². The summed E-state index contributed by atoms with van der Waals surface area (Å²) in [5, 5.41) is 3.24. The molecule has 1 atom stereocenters. The van der Waals surface area contributed by atoms with Crippen molar-refractivity contribution in [1.29, 1.82) is 0 Å². The third-order valence-electron chi connectivity index (χ3n) is 5.92. The lowest BCUT2D eigenvalue weighted by atomic mass is 10.0. The van der Waals surface area contributed by atoms with E-state index in [0.717, 1.165) is 24.0 Å². The van der Waals surface area contributed by atoms with Crippen LogP contribution in [0.25, 0.3) is 28.0 Å². The van der Waals surface area contributed by atoms with Crippen molar-refractivity contribution in [3.8, 4) is 22.4 Å². The van der Waals surface area contributed by atoms with Gasteiger partial charge in [-0.15, -0.1) is 9.38 Å². The average molecular weight is 433 g/mol. The topological polar surface area (TPSA) is 112 Å². The zero-order chi connectivity index (χ0) is 22.4. The van der Waals surface area contributed by atoms with Crippen molar-refractivity contribution in [3.63, 3.8) is 0 Å². The van der Waals surface area contributed by atoms with Gasteiger partial charge in [-0.05, 0) is 25.8 Å². The highest BCUT2D eigenvalue weighted by Gasteiger charge is 2.28. The van der Waals surface area contributed by atoms with Gasteiger partial charge >= 0.3 is 11.6 Å². The molecule has 0 spiro atoms. The van der Waals surface area contributed by atoms with Crippen molar-refractivity contribution in [1.82, 2.24) is 19.3 Å². The Morgan fingerprint density at radius 2 is 2.03 bits per heavy atom. The summed E-state index contributed by atoms with van der Waals surface area (Å²) in [5.74, 6) is 0.0940. The maximum Gasteiger partial charge on any atom is 0.428 e. The van der Waals surface area contributed by atoms with Crippen LogP contribution in [0.4, 0.5) is 5.95 Å². The Morgan fingerprint density at radius 1 is 1.25 bits per heavy atom. The second kappa shape index (κ2) is 7.76. The number of aromatic nitrogens is 5. The number of aryl methyl sites for hydroxylation is 2. The summed E-state index contributed by atoms with van der Waals surface area (Å²) in [6.07, 6.45) is 3.62. The van der Waals surface area contributed by atoms with Crippen molar-refractivity contribution in [2.45, 2.75) is 32.4 Å². The number of rotatable bonds is 4. The Labute approximate surface area is 183 Å². The molecule has 4 aromatic rings. The second-order valence-electron chi connectivity index (χ2n) is 8.21. The number of hydrogen-bond acceptors (Lipinski definition) is 5. The Kier molecular flexibility index (Phi) is 4.90. The standard InChI is InChI=1S/C23H24N6O3/c1-14-11-16(12-27(2)21(14)30)18-19(15-7-4-3-5-8-15)25-22(24)29-20(18)26-28(23(29)31)13-17-9-6-10-32-17/h3-5,7-8,11-12,17H,6,9-10,13H2,1-2H3,(H2,24,25,26)/p+1/t17-/m1/s1. The third kappa shape index (κ3) is 3.31. The molecule has 32 heavy (non-hydrogen) atoms. The van der Waals surface area contributed by atoms with Gasteiger partial charge in [0.05, 0.1) is 11.7 Å². The highest BCUT2D eigenvalue weighted by atomic mass is 16.5. The van der Waals surface area contributed by atoms with E-state index in [-0.39, 0.29) is 23.3 Å². The zero-order valence-corrected chi connectivity index (χ0v) is 18.0. The number of H-pyrrole nitrogens is 1. The van der Waals surface area contributed by atoms with E-state index in [1.165, 1.54) is 13.6 Å². The van der Waals surface area contributed by atoms with Gasteiger partial charge in [-0.3, -0.25) is 4.79 Å². The minimum atomic E-state index is -0.303. The fourth-order valence-corrected chi connectivity index (χ4v) is 4.36. The smallest absolute Gasteiger partial charge is 0.375 e. The molecule has 1 aliphatic rings. The third-order valence-corrected chi connectivity index (χ3v) is 5.92. The lowest BCUT2D eigenvalue weighted by Gasteiger charge is -2.10. The number of fused-ring (bicyclic) bond motifs is 1. The van der Waals surface area contributed by atoms with Gasteiger partial charge in [0.15, 0.2) is 0 Å². The molecule has 1 aromatic carbocycles. The van der Waals surface area contributed by atoms with Gasteiger partial charge in [0.25, 0.3) is 5.56 Å². The lowest BCUT2D eigenvalue weighted by molar-refractivity contribution is -0.516. The number of anilines is 1. The fourth-order valence-electron chi connectivity index (χ4n) is 4.36. The first-order chi connectivity index (χ1) is 15.4. The number of nitrogens with zero attached hydrogens (tertiary/aromatic N) is 4. The number of ether oxygens (including phenoxy) is 1. The number of pyridine rings is 1. The van der Waals surface area contributed by atoms with Crippen molar-refractivity contribution in [3.05, 3.63) is 69.0 Å². The minimum absolute atomic E-state index is 0.0209. The van der Waals surface area contributed by atoms with E-state index in [0.29, 0.717) is 35.6 Å². The first kappa shape index (κ1) is 20.2. The molecule has 0 saturated carbocycles. The number of nitrogens with two attached hydrogens (primary N) is 1. The second-order valence-corrected chi connectivity index (χ2v) is 8.21. The van der Waals surface area contributed by atoms with E-state index < -0.39 is 0 Å². The van der Waals surface area contributed by atoms with Gasteiger partial charge in [0, 0.05) is 36.5 Å². The van der Waals surface area contributed by atoms with Gasteiger partial charge in [-0.25, -0.2) is 9.89 Å². The molecule has 1 aliphatic heterocycles. The Balaban J connectivity index is 1.83. The number of benzene rings is 1. The molecule has 3 aromatic heterocycles. The van der Waals surface area contributed by atoms with Crippen molar-refractivity contribution >= 4 is 11.6 Å². The van der Waals surface area contributed by atoms with Gasteiger partial charge in [-0.2, -0.15) is 4.68 Å². The largest absolute Gasteiger partial charge is 0.428 e. The first-order valence-corrected chi connectivity index (χ1v) is 10.6. The summed E-state index contributed by atoms with van der Waals surface area (Å²) >= 11 is 0. The van der Waals surface area contributed by atoms with Crippen molar-refractivity contribution < 1.29 is 9.14 Å². The molecule has 0 bridgehead atoms. The van der Waals surface area contributed by atoms with E-state index in [1.54, 1.807) is 20.2 Å². The quantitative estimate of drug-likeness (QED) is 0.473. The van der Waals surface area contributed by atoms with E-state index >= 15 is 0 Å². The number of nitrogen functional groups attached to an aromatic ring is 1. The molecule has 1 saturated heterocycles. The maximum atomic E-state index is 13.2. The molecule has 0 amide bonds. The van der Waals surface area contributed by atoms with Crippen LogP contribution in [0, 0.1) is 6.92 Å². The molecule has 3 N–H and O–H groups in total. The van der Waals surface area contributed by atoms with E-state index in [1.807, 2.05) is 36.4 Å². The molecule has 5 rings (SSSR count). The highest BCUT2D eigenvalue weighted by molar-refractivity contribution is 5.88. The zero-order valence-electron chi connectivity index (χ0n) is 18.0. The molecule has 0 aliphatic carbocycles. The normalized spacial score (nSPS) is 16.1. The molecule has 0 unspecified atom stereocenters. The minimum Gasteiger partial charge on any atom is -0.375 e. The molecule has 164 valence electrons. The molecule has 4 heterocycles. The number of nitrogens with one attached hydrogen (secondary N) is 1. The van der Waals surface area contributed by atoms with Crippen LogP contribution in [0.5, 0.6) is 0 Å². The number of aromatic amines is 1. The predicted octanol–water partition coefficient (Wildman–Crippen LogP) is 1.41. The van der Waals surface area contributed by atoms with Crippen LogP contribution in [-0.4, -0.2) is 32.0 Å².